The van der Waals surface area contributed by atoms with Crippen LogP contribution in [0, 0.1) is 0 Å². The van der Waals surface area contributed by atoms with Crippen molar-refractivity contribution in [3.8, 4) is 46.0 Å². The van der Waals surface area contributed by atoms with Gasteiger partial charge in [0.25, 0.3) is 0 Å². The maximum Gasteiger partial charge on any atom is 0.147 e. The normalized spacial score (nSPS) is 16.3. The summed E-state index contributed by atoms with van der Waals surface area (Å²) < 4.78 is 44.3. The largest absolute Gasteiger partial charge is 0.506 e. The van der Waals surface area contributed by atoms with Crippen LogP contribution in [0.2, 0.25) is 0 Å². The molecule has 111 heavy (non-hydrogen) atoms. The molecule has 0 fully saturated rings. The first-order valence-electron chi connectivity index (χ1n) is 38.6. The Morgan fingerprint density at radius 2 is 0.297 bits per heavy atom. The van der Waals surface area contributed by atoms with Crippen LogP contribution in [0.1, 0.15) is 211 Å². The van der Waals surface area contributed by atoms with Gasteiger partial charge in [-0.3, -0.25) is 0 Å². The standard InChI is InChI=1S/C92H114O8S11/c1-85(2,3)53-37-61-77(93)62(38-53)105-66-42-56(88(10,11)12)44-68-80(66)96-26-32-102-34-28-98-82-71-47-58(90(16,17)18)48-72(82)111-76-52-60(92(22,23)24)50-74-84(76)100-30-36-103-35-29-99-83-73(49-59(91(19,20)21)51-75(83)110-71)108-69-45-57(89(13,14)15)46-70(109-74)81(69)97-27-33-101-31-25-95-79-65(104-61)41-55(87(7,8)9)43-67(79)106-63-39-54(86(4,5)6)40-64(107-68)78(63)94/h37-52,93-94H,25-36H2,1-24H3. The van der Waals surface area contributed by atoms with E-state index in [1.165, 1.54) is 22.3 Å². The third-order valence-corrected chi connectivity index (χ3v) is 30.9. The summed E-state index contributed by atoms with van der Waals surface area (Å²) in [6, 6.07) is 36.7. The van der Waals surface area contributed by atoms with Crippen LogP contribution >= 0.6 is 129 Å². The maximum absolute atomic E-state index is 13.1. The lowest BCUT2D eigenvalue weighted by atomic mass is 9.87. The molecule has 0 saturated carbocycles. The van der Waals surface area contributed by atoms with Gasteiger partial charge >= 0.3 is 0 Å². The molecule has 6 aliphatic heterocycles. The number of fused-ring (bicyclic) bond motifs is 18. The molecule has 0 atom stereocenters. The Kier molecular flexibility index (Phi) is 26.6. The quantitative estimate of drug-likeness (QED) is 0.151. The molecule has 0 saturated heterocycles. The number of aromatic hydroxyl groups is 2. The smallest absolute Gasteiger partial charge is 0.147 e. The van der Waals surface area contributed by atoms with Gasteiger partial charge in [0.1, 0.15) is 46.0 Å². The van der Waals surface area contributed by atoms with E-state index in [1.54, 1.807) is 118 Å². The second-order valence-electron chi connectivity index (χ2n) is 37.2. The fourth-order valence-electron chi connectivity index (χ4n) is 12.6. The summed E-state index contributed by atoms with van der Waals surface area (Å²) in [5.41, 5.74) is 7.21. The first-order chi connectivity index (χ1) is 51.8. The van der Waals surface area contributed by atoms with Crippen LogP contribution in [0.3, 0.4) is 0 Å². The van der Waals surface area contributed by atoms with Crippen molar-refractivity contribution in [2.45, 2.75) is 288 Å². The number of benzene rings is 8. The van der Waals surface area contributed by atoms with Gasteiger partial charge in [-0.1, -0.05) is 260 Å². The molecule has 6 aliphatic rings. The van der Waals surface area contributed by atoms with E-state index < -0.39 is 0 Å². The highest BCUT2D eigenvalue weighted by Gasteiger charge is 2.35. The van der Waals surface area contributed by atoms with Crippen molar-refractivity contribution in [2.24, 2.45) is 0 Å². The molecule has 19 heteroatoms. The van der Waals surface area contributed by atoms with E-state index in [0.29, 0.717) is 74.2 Å². The molecule has 0 aromatic heterocycles. The van der Waals surface area contributed by atoms with Crippen LogP contribution < -0.4 is 28.4 Å². The molecule has 596 valence electrons. The van der Waals surface area contributed by atoms with Crippen molar-refractivity contribution in [1.29, 1.82) is 0 Å². The first-order valence-corrected chi connectivity index (χ1v) is 48.6. The van der Waals surface area contributed by atoms with E-state index in [-0.39, 0.29) is 54.8 Å². The number of hydrogen-bond acceptors (Lipinski definition) is 19. The van der Waals surface area contributed by atoms with E-state index in [2.05, 4.69) is 263 Å². The van der Waals surface area contributed by atoms with E-state index in [1.807, 2.05) is 11.8 Å². The SMILES string of the molecule is CC(C)(C)c1cc2c(O)c(c1)Sc1cc(C(C)(C)C)cc3c1OCCSCCOc1c4cc(C(C)(C)C)cc1Sc1cc(C(C)(C)C)cc5c1OCCSCCOc1c(cc(C(C)(C)C)cc1S4)Sc1cc(C(C)(C)C)cc(c1OCCSCCOc1c(cc(C(C)(C)C)cc1Sc1cc(C(C)(C)C)cc(c1O)S3)S2)S5. The van der Waals surface area contributed by atoms with Crippen LogP contribution in [0.15, 0.2) is 175 Å². The molecule has 14 rings (SSSR count). The predicted molar refractivity (Wildman–Crippen MR) is 482 cm³/mol. The molecular formula is C92H114O8S11. The highest BCUT2D eigenvalue weighted by atomic mass is 32.2. The maximum atomic E-state index is 13.1. The minimum Gasteiger partial charge on any atom is -0.506 e. The van der Waals surface area contributed by atoms with E-state index >= 15 is 0 Å². The second kappa shape index (κ2) is 34.2. The average molecular weight is 1700 g/mol. The number of phenols is 2. The first kappa shape index (κ1) is 86.4. The van der Waals surface area contributed by atoms with Gasteiger partial charge in [-0.15, -0.1) is 0 Å². The molecule has 8 aromatic rings. The average Bonchev–Trinajstić information content (AvgIpc) is 0.816. The zero-order valence-electron chi connectivity index (χ0n) is 69.6. The van der Waals surface area contributed by atoms with Crippen LogP contribution in [0.5, 0.6) is 46.0 Å². The third kappa shape index (κ3) is 20.9. The van der Waals surface area contributed by atoms with Crippen molar-refractivity contribution in [1.82, 2.24) is 0 Å². The Labute approximate surface area is 710 Å². The number of thioether (sulfide) groups is 3. The fourth-order valence-corrected chi connectivity index (χ4v) is 23.8. The zero-order chi connectivity index (χ0) is 80.3. The molecule has 0 aliphatic carbocycles. The molecule has 22 bridgehead atoms. The van der Waals surface area contributed by atoms with Crippen molar-refractivity contribution in [2.75, 3.05) is 74.2 Å². The molecule has 6 heterocycles. The summed E-state index contributed by atoms with van der Waals surface area (Å²) in [7, 11) is 0. The van der Waals surface area contributed by atoms with Gasteiger partial charge in [-0.2, -0.15) is 35.3 Å². The van der Waals surface area contributed by atoms with Gasteiger partial charge in [-0.25, -0.2) is 0 Å². The predicted octanol–water partition coefficient (Wildman–Crippen LogP) is 28.5. The van der Waals surface area contributed by atoms with Crippen LogP contribution in [-0.2, 0) is 43.3 Å². The fraction of sp³-hybridized carbons (Fsp3) is 0.478. The van der Waals surface area contributed by atoms with Crippen LogP contribution in [0.25, 0.3) is 0 Å². The molecule has 0 radical (unpaired) electrons. The lowest BCUT2D eigenvalue weighted by Gasteiger charge is -2.28. The van der Waals surface area contributed by atoms with Gasteiger partial charge in [0.05, 0.1) is 118 Å². The topological polar surface area (TPSA) is 95.8 Å². The van der Waals surface area contributed by atoms with E-state index in [9.17, 15) is 10.2 Å². The van der Waals surface area contributed by atoms with E-state index in [0.717, 1.165) is 135 Å². The summed E-state index contributed by atoms with van der Waals surface area (Å²) in [6.07, 6.45) is 0. The Hall–Kier alpha value is -3.99. The monoisotopic (exact) mass is 1700 g/mol. The van der Waals surface area contributed by atoms with Gasteiger partial charge < -0.3 is 38.6 Å². The third-order valence-electron chi connectivity index (χ3n) is 19.7. The van der Waals surface area contributed by atoms with Gasteiger partial charge in [0, 0.05) is 34.5 Å². The summed E-state index contributed by atoms with van der Waals surface area (Å²) in [5, 5.41) is 26.3. The molecular weight excluding hydrogens is 1590 g/mol. The Balaban J connectivity index is 1.08. The number of ether oxygens (including phenoxy) is 6. The molecule has 0 amide bonds. The minimum atomic E-state index is -0.282. The van der Waals surface area contributed by atoms with Gasteiger partial charge in [0.15, 0.2) is 0 Å². The van der Waals surface area contributed by atoms with E-state index in [4.69, 9.17) is 28.4 Å². The summed E-state index contributed by atoms with van der Waals surface area (Å²) in [4.78, 5) is 14.7. The second-order valence-corrected chi connectivity index (χ2v) is 49.5. The van der Waals surface area contributed by atoms with Crippen molar-refractivity contribution in [3.63, 3.8) is 0 Å². The zero-order valence-corrected chi connectivity index (χ0v) is 78.5. The molecule has 0 spiro atoms. The van der Waals surface area contributed by atoms with Gasteiger partial charge in [0.2, 0.25) is 0 Å². The number of hydrogen-bond donors (Lipinski definition) is 2. The number of rotatable bonds is 0. The summed E-state index contributed by atoms with van der Waals surface area (Å²) >= 11 is 18.7. The summed E-state index contributed by atoms with van der Waals surface area (Å²) in [6.45, 7) is 57.3. The molecule has 2 N–H and O–H groups in total. The van der Waals surface area contributed by atoms with Crippen LogP contribution in [-0.4, -0.2) is 84.4 Å². The van der Waals surface area contributed by atoms with Crippen molar-refractivity contribution >= 4 is 129 Å². The van der Waals surface area contributed by atoms with Crippen molar-refractivity contribution in [3.05, 3.63) is 142 Å². The highest BCUT2D eigenvalue weighted by Crippen LogP contribution is 2.60. The molecule has 8 nitrogen and oxygen atoms in total. The number of phenolic OH excluding ortho intramolecular Hbond substituents is 2. The van der Waals surface area contributed by atoms with Gasteiger partial charge in [-0.05, 0) is 185 Å². The lowest BCUT2D eigenvalue weighted by Crippen LogP contribution is -2.15. The van der Waals surface area contributed by atoms with Crippen LogP contribution in [0.4, 0.5) is 0 Å². The Morgan fingerprint density at radius 1 is 0.189 bits per heavy atom. The highest BCUT2D eigenvalue weighted by molar-refractivity contribution is 8.03. The Bertz CT molecular complexity index is 4280. The lowest BCUT2D eigenvalue weighted by molar-refractivity contribution is 0.320. The summed E-state index contributed by atoms with van der Waals surface area (Å²) in [5.74, 6) is 9.43. The molecule has 8 aromatic carbocycles. The molecule has 0 unspecified atom stereocenters. The minimum absolute atomic E-state index is 0.202. The Morgan fingerprint density at radius 3 is 0.414 bits per heavy atom. The van der Waals surface area contributed by atoms with Crippen molar-refractivity contribution < 1.29 is 38.6 Å².